The maximum Gasteiger partial charge on any atom is 0.244 e. The Hall–Kier alpha value is -4.19. The van der Waals surface area contributed by atoms with Crippen LogP contribution in [0.5, 0.6) is 5.75 Å². The van der Waals surface area contributed by atoms with E-state index >= 15 is 0 Å². The summed E-state index contributed by atoms with van der Waals surface area (Å²) in [5, 5.41) is 7.85. The van der Waals surface area contributed by atoms with Gasteiger partial charge in [-0.3, -0.25) is 9.78 Å². The molecule has 6 heteroatoms. The monoisotopic (exact) mass is 422 g/mol. The minimum atomic E-state index is -0.156. The quantitative estimate of drug-likeness (QED) is 0.478. The number of pyridine rings is 1. The molecule has 0 aliphatic carbocycles. The van der Waals surface area contributed by atoms with E-state index in [1.807, 2.05) is 77.6 Å². The van der Waals surface area contributed by atoms with Gasteiger partial charge in [0.15, 0.2) is 0 Å². The van der Waals surface area contributed by atoms with E-state index in [0.717, 1.165) is 40.2 Å². The average Bonchev–Trinajstić information content (AvgIpc) is 3.28. The van der Waals surface area contributed by atoms with E-state index in [9.17, 15) is 4.79 Å². The first-order valence-electron chi connectivity index (χ1n) is 10.5. The molecule has 0 fully saturated rings. The molecule has 1 N–H and O–H groups in total. The van der Waals surface area contributed by atoms with Crippen LogP contribution in [0.2, 0.25) is 0 Å². The molecule has 158 valence electrons. The van der Waals surface area contributed by atoms with Crippen LogP contribution in [-0.4, -0.2) is 27.3 Å². The van der Waals surface area contributed by atoms with Crippen LogP contribution in [0.4, 0.5) is 0 Å². The Morgan fingerprint density at radius 1 is 1.06 bits per heavy atom. The maximum atomic E-state index is 12.7. The molecule has 1 aliphatic heterocycles. The molecule has 6 nitrogen and oxygen atoms in total. The third-order valence-corrected chi connectivity index (χ3v) is 5.39. The molecule has 0 radical (unpaired) electrons. The Balaban J connectivity index is 1.41. The molecule has 0 bridgehead atoms. The number of amides is 1. The summed E-state index contributed by atoms with van der Waals surface area (Å²) in [7, 11) is 0. The molecular formula is C26H22N4O2. The van der Waals surface area contributed by atoms with Gasteiger partial charge in [0, 0.05) is 47.8 Å². The van der Waals surface area contributed by atoms with Crippen molar-refractivity contribution in [3.63, 3.8) is 0 Å². The number of nitrogens with one attached hydrogen (secondary N) is 1. The number of hydrogen-bond donors (Lipinski definition) is 1. The van der Waals surface area contributed by atoms with E-state index in [-0.39, 0.29) is 11.9 Å². The molecule has 32 heavy (non-hydrogen) atoms. The third-order valence-electron chi connectivity index (χ3n) is 5.39. The summed E-state index contributed by atoms with van der Waals surface area (Å²) in [6, 6.07) is 21.5. The molecular weight excluding hydrogens is 400 g/mol. The number of para-hydroxylation sites is 2. The lowest BCUT2D eigenvalue weighted by Crippen LogP contribution is -2.30. The highest BCUT2D eigenvalue weighted by Crippen LogP contribution is 2.31. The van der Waals surface area contributed by atoms with Crippen LogP contribution >= 0.6 is 0 Å². The number of hydrogen-bond acceptors (Lipinski definition) is 4. The lowest BCUT2D eigenvalue weighted by molar-refractivity contribution is -0.117. The first-order valence-corrected chi connectivity index (χ1v) is 10.5. The minimum absolute atomic E-state index is 0.0677. The van der Waals surface area contributed by atoms with Crippen LogP contribution in [0.3, 0.4) is 0 Å². The number of aromatic nitrogens is 3. The van der Waals surface area contributed by atoms with Gasteiger partial charge in [0.2, 0.25) is 5.91 Å². The van der Waals surface area contributed by atoms with Gasteiger partial charge in [0.1, 0.15) is 11.4 Å². The van der Waals surface area contributed by atoms with Crippen molar-refractivity contribution in [2.75, 3.05) is 6.61 Å². The summed E-state index contributed by atoms with van der Waals surface area (Å²) in [5.74, 6) is 0.673. The zero-order chi connectivity index (χ0) is 21.8. The van der Waals surface area contributed by atoms with Crippen molar-refractivity contribution >= 4 is 12.0 Å². The summed E-state index contributed by atoms with van der Waals surface area (Å²) in [6.07, 6.45) is 9.52. The molecule has 1 unspecified atom stereocenters. The van der Waals surface area contributed by atoms with Crippen LogP contribution in [0.1, 0.15) is 23.6 Å². The van der Waals surface area contributed by atoms with Gasteiger partial charge in [0.25, 0.3) is 0 Å². The van der Waals surface area contributed by atoms with E-state index in [4.69, 9.17) is 9.84 Å². The Morgan fingerprint density at radius 2 is 1.91 bits per heavy atom. The molecule has 1 amide bonds. The SMILES string of the molecule is O=C(/C=C/c1cn(-c2ccccc2)nc1-c1cccnc1)NC1CCOc2ccccc21. The summed E-state index contributed by atoms with van der Waals surface area (Å²) in [5.41, 5.74) is 4.45. The van der Waals surface area contributed by atoms with E-state index in [2.05, 4.69) is 10.3 Å². The lowest BCUT2D eigenvalue weighted by atomic mass is 10.0. The molecule has 4 aromatic rings. The van der Waals surface area contributed by atoms with E-state index in [1.165, 1.54) is 0 Å². The molecule has 0 spiro atoms. The number of fused-ring (bicyclic) bond motifs is 1. The zero-order valence-corrected chi connectivity index (χ0v) is 17.4. The second kappa shape index (κ2) is 8.89. The number of nitrogens with zero attached hydrogens (tertiary/aromatic N) is 3. The van der Waals surface area contributed by atoms with Crippen molar-refractivity contribution in [1.82, 2.24) is 20.1 Å². The lowest BCUT2D eigenvalue weighted by Gasteiger charge is -2.26. The fourth-order valence-corrected chi connectivity index (χ4v) is 3.83. The van der Waals surface area contributed by atoms with Crippen LogP contribution in [0.15, 0.2) is 91.4 Å². The highest BCUT2D eigenvalue weighted by molar-refractivity contribution is 5.93. The molecule has 2 aromatic carbocycles. The Labute approximate surface area is 186 Å². The van der Waals surface area contributed by atoms with Crippen molar-refractivity contribution in [3.8, 4) is 22.7 Å². The predicted octanol–water partition coefficient (Wildman–Crippen LogP) is 4.59. The largest absolute Gasteiger partial charge is 0.493 e. The fourth-order valence-electron chi connectivity index (χ4n) is 3.83. The topological polar surface area (TPSA) is 69.0 Å². The number of ether oxygens (including phenoxy) is 1. The number of rotatable bonds is 5. The molecule has 3 heterocycles. The third kappa shape index (κ3) is 4.16. The standard InChI is InChI=1S/C26H22N4O2/c31-25(28-23-14-16-32-24-11-5-4-10-22(23)24)13-12-20-18-30(21-8-2-1-3-9-21)29-26(20)19-7-6-15-27-17-19/h1-13,15,17-18,23H,14,16H2,(H,28,31)/b13-12+. The number of carbonyl (C=O) groups is 1. The van der Waals surface area contributed by atoms with Gasteiger partial charge in [-0.25, -0.2) is 4.68 Å². The highest BCUT2D eigenvalue weighted by atomic mass is 16.5. The van der Waals surface area contributed by atoms with Crippen molar-refractivity contribution in [3.05, 3.63) is 103 Å². The number of carbonyl (C=O) groups excluding carboxylic acids is 1. The Bertz CT molecular complexity index is 1250. The fraction of sp³-hybridized carbons (Fsp3) is 0.115. The second-order valence-corrected chi connectivity index (χ2v) is 7.52. The van der Waals surface area contributed by atoms with E-state index in [0.29, 0.717) is 6.61 Å². The summed E-state index contributed by atoms with van der Waals surface area (Å²) in [4.78, 5) is 17.0. The van der Waals surface area contributed by atoms with Crippen LogP contribution < -0.4 is 10.1 Å². The molecule has 5 rings (SSSR count). The van der Waals surface area contributed by atoms with Gasteiger partial charge < -0.3 is 10.1 Å². The molecule has 1 aliphatic rings. The summed E-state index contributed by atoms with van der Waals surface area (Å²) < 4.78 is 7.50. The highest BCUT2D eigenvalue weighted by Gasteiger charge is 2.22. The van der Waals surface area contributed by atoms with Crippen molar-refractivity contribution in [2.45, 2.75) is 12.5 Å². The first-order chi connectivity index (χ1) is 15.8. The normalized spacial score (nSPS) is 15.2. The number of benzene rings is 2. The average molecular weight is 422 g/mol. The summed E-state index contributed by atoms with van der Waals surface area (Å²) >= 11 is 0. The smallest absolute Gasteiger partial charge is 0.244 e. The van der Waals surface area contributed by atoms with Crippen LogP contribution in [-0.2, 0) is 4.79 Å². The van der Waals surface area contributed by atoms with Crippen molar-refractivity contribution in [1.29, 1.82) is 0 Å². The van der Waals surface area contributed by atoms with Gasteiger partial charge in [0.05, 0.1) is 18.3 Å². The van der Waals surface area contributed by atoms with Crippen molar-refractivity contribution in [2.24, 2.45) is 0 Å². The zero-order valence-electron chi connectivity index (χ0n) is 17.4. The molecule has 2 aromatic heterocycles. The first kappa shape index (κ1) is 19.8. The second-order valence-electron chi connectivity index (χ2n) is 7.52. The van der Waals surface area contributed by atoms with Crippen LogP contribution in [0.25, 0.3) is 23.0 Å². The minimum Gasteiger partial charge on any atom is -0.493 e. The van der Waals surface area contributed by atoms with Gasteiger partial charge in [-0.05, 0) is 36.4 Å². The maximum absolute atomic E-state index is 12.7. The molecule has 1 atom stereocenters. The predicted molar refractivity (Wildman–Crippen MR) is 123 cm³/mol. The van der Waals surface area contributed by atoms with Crippen molar-refractivity contribution < 1.29 is 9.53 Å². The Kier molecular flexibility index (Phi) is 5.49. The summed E-state index contributed by atoms with van der Waals surface area (Å²) in [6.45, 7) is 0.584. The Morgan fingerprint density at radius 3 is 2.75 bits per heavy atom. The molecule has 0 saturated heterocycles. The van der Waals surface area contributed by atoms with E-state index < -0.39 is 0 Å². The van der Waals surface area contributed by atoms with Gasteiger partial charge in [-0.2, -0.15) is 5.10 Å². The van der Waals surface area contributed by atoms with E-state index in [1.54, 1.807) is 24.5 Å². The van der Waals surface area contributed by atoms with Crippen LogP contribution in [0, 0.1) is 0 Å². The van der Waals surface area contributed by atoms with Gasteiger partial charge in [-0.15, -0.1) is 0 Å². The molecule has 0 saturated carbocycles. The van der Waals surface area contributed by atoms with Gasteiger partial charge >= 0.3 is 0 Å². The van der Waals surface area contributed by atoms with Gasteiger partial charge in [-0.1, -0.05) is 36.4 Å².